The van der Waals surface area contributed by atoms with Crippen LogP contribution in [0.1, 0.15) is 15.2 Å². The largest absolute Gasteiger partial charge is 0.506 e. The second kappa shape index (κ2) is 4.68. The van der Waals surface area contributed by atoms with E-state index < -0.39 is 0 Å². The monoisotopic (exact) mass is 288 g/mol. The molecule has 3 aromatic rings. The van der Waals surface area contributed by atoms with Crippen molar-refractivity contribution in [1.29, 1.82) is 0 Å². The molecule has 0 amide bonds. The van der Waals surface area contributed by atoms with E-state index in [0.717, 1.165) is 4.70 Å². The molecule has 0 aliphatic heterocycles. The topological polar surface area (TPSA) is 37.3 Å². The van der Waals surface area contributed by atoms with Gasteiger partial charge < -0.3 is 5.11 Å². The molecule has 2 nitrogen and oxygen atoms in total. The molecule has 1 aromatic heterocycles. The highest BCUT2D eigenvalue weighted by Gasteiger charge is 2.19. The molecule has 0 aliphatic rings. The van der Waals surface area contributed by atoms with Crippen molar-refractivity contribution in [2.24, 2.45) is 0 Å². The Bertz CT molecular complexity index is 762. The number of hydrogen-bond donors (Lipinski definition) is 1. The Kier molecular flexibility index (Phi) is 3.01. The number of halogens is 1. The van der Waals surface area contributed by atoms with Gasteiger partial charge in [-0.2, -0.15) is 0 Å². The molecule has 1 N–H and O–H groups in total. The van der Waals surface area contributed by atoms with Crippen molar-refractivity contribution in [3.63, 3.8) is 0 Å². The van der Waals surface area contributed by atoms with Crippen LogP contribution in [-0.4, -0.2) is 10.9 Å². The van der Waals surface area contributed by atoms with Gasteiger partial charge >= 0.3 is 0 Å². The summed E-state index contributed by atoms with van der Waals surface area (Å²) in [7, 11) is 0. The van der Waals surface area contributed by atoms with Gasteiger partial charge in [0.05, 0.1) is 0 Å². The zero-order valence-corrected chi connectivity index (χ0v) is 11.3. The fourth-order valence-corrected chi connectivity index (χ4v) is 3.27. The Labute approximate surface area is 118 Å². The van der Waals surface area contributed by atoms with Gasteiger partial charge in [0.15, 0.2) is 0 Å². The van der Waals surface area contributed by atoms with Crippen LogP contribution in [0.25, 0.3) is 10.1 Å². The van der Waals surface area contributed by atoms with Crippen molar-refractivity contribution < 1.29 is 9.90 Å². The molecule has 0 unspecified atom stereocenters. The maximum absolute atomic E-state index is 12.3. The minimum absolute atomic E-state index is 0.0329. The number of fused-ring (bicyclic) bond motifs is 1. The Hall–Kier alpha value is -1.84. The zero-order chi connectivity index (χ0) is 13.4. The van der Waals surface area contributed by atoms with Crippen LogP contribution in [0.3, 0.4) is 0 Å². The minimum atomic E-state index is -0.171. The molecule has 3 rings (SSSR count). The average Bonchev–Trinajstić information content (AvgIpc) is 2.75. The molecule has 0 spiro atoms. The smallest absolute Gasteiger partial charge is 0.206 e. The number of benzene rings is 2. The number of thiophene rings is 1. The molecule has 0 radical (unpaired) electrons. The third kappa shape index (κ3) is 2.11. The van der Waals surface area contributed by atoms with Crippen LogP contribution in [0.15, 0.2) is 48.5 Å². The molecule has 0 saturated heterocycles. The van der Waals surface area contributed by atoms with E-state index in [2.05, 4.69) is 0 Å². The summed E-state index contributed by atoms with van der Waals surface area (Å²) in [5.41, 5.74) is 0.565. The number of aromatic hydroxyl groups is 1. The van der Waals surface area contributed by atoms with E-state index in [1.54, 1.807) is 42.5 Å². The third-order valence-electron chi connectivity index (χ3n) is 2.87. The van der Waals surface area contributed by atoms with E-state index >= 15 is 0 Å². The molecular formula is C15H9ClO2S. The summed E-state index contributed by atoms with van der Waals surface area (Å²) >= 11 is 7.17. The Balaban J connectivity index is 2.16. The van der Waals surface area contributed by atoms with Gasteiger partial charge in [-0.05, 0) is 18.2 Å². The van der Waals surface area contributed by atoms with Gasteiger partial charge in [-0.25, -0.2) is 0 Å². The quantitative estimate of drug-likeness (QED) is 0.705. The normalized spacial score (nSPS) is 10.8. The van der Waals surface area contributed by atoms with Crippen molar-refractivity contribution in [3.05, 3.63) is 64.0 Å². The fraction of sp³-hybridized carbons (Fsp3) is 0. The van der Waals surface area contributed by atoms with Crippen molar-refractivity contribution in [1.82, 2.24) is 0 Å². The summed E-state index contributed by atoms with van der Waals surface area (Å²) in [4.78, 5) is 12.7. The predicted molar refractivity (Wildman–Crippen MR) is 78.4 cm³/mol. The summed E-state index contributed by atoms with van der Waals surface area (Å²) < 4.78 is 0.810. The molecule has 4 heteroatoms. The van der Waals surface area contributed by atoms with E-state index in [0.29, 0.717) is 20.8 Å². The highest BCUT2D eigenvalue weighted by molar-refractivity contribution is 7.21. The van der Waals surface area contributed by atoms with E-state index in [-0.39, 0.29) is 11.5 Å². The first-order valence-corrected chi connectivity index (χ1v) is 6.87. The fourth-order valence-electron chi connectivity index (χ4n) is 1.93. The summed E-state index contributed by atoms with van der Waals surface area (Å²) in [6.07, 6.45) is 0. The second-order valence-corrected chi connectivity index (χ2v) is 5.60. The average molecular weight is 289 g/mol. The number of hydrogen-bond acceptors (Lipinski definition) is 3. The number of rotatable bonds is 2. The minimum Gasteiger partial charge on any atom is -0.506 e. The lowest BCUT2D eigenvalue weighted by Crippen LogP contribution is -1.97. The van der Waals surface area contributed by atoms with Gasteiger partial charge in [0.25, 0.3) is 0 Å². The molecule has 2 aromatic carbocycles. The molecule has 0 fully saturated rings. The van der Waals surface area contributed by atoms with Crippen molar-refractivity contribution in [2.45, 2.75) is 0 Å². The number of carbonyl (C=O) groups is 1. The first-order chi connectivity index (χ1) is 9.16. The predicted octanol–water partition coefficient (Wildman–Crippen LogP) is 4.49. The van der Waals surface area contributed by atoms with Crippen LogP contribution in [0, 0.1) is 0 Å². The molecule has 94 valence electrons. The van der Waals surface area contributed by atoms with Gasteiger partial charge in [0, 0.05) is 20.7 Å². The highest BCUT2D eigenvalue weighted by Crippen LogP contribution is 2.39. The summed E-state index contributed by atoms with van der Waals surface area (Å²) in [5.74, 6) is -0.138. The van der Waals surface area contributed by atoms with Crippen LogP contribution in [0.4, 0.5) is 0 Å². The Morgan fingerprint density at radius 3 is 2.58 bits per heavy atom. The lowest BCUT2D eigenvalue weighted by molar-refractivity contribution is 0.104. The molecule has 0 atom stereocenters. The van der Waals surface area contributed by atoms with E-state index in [9.17, 15) is 9.90 Å². The lowest BCUT2D eigenvalue weighted by atomic mass is 10.1. The first kappa shape index (κ1) is 12.2. The lowest BCUT2D eigenvalue weighted by Gasteiger charge is -1.98. The van der Waals surface area contributed by atoms with Gasteiger partial charge in [-0.3, -0.25) is 4.79 Å². The molecular weight excluding hydrogens is 280 g/mol. The molecule has 0 bridgehead atoms. The summed E-state index contributed by atoms with van der Waals surface area (Å²) in [6, 6.07) is 14.1. The van der Waals surface area contributed by atoms with Gasteiger partial charge in [-0.1, -0.05) is 41.9 Å². The van der Waals surface area contributed by atoms with E-state index in [1.165, 1.54) is 11.3 Å². The Morgan fingerprint density at radius 2 is 1.84 bits per heavy atom. The van der Waals surface area contributed by atoms with E-state index in [4.69, 9.17) is 11.6 Å². The molecule has 19 heavy (non-hydrogen) atoms. The van der Waals surface area contributed by atoms with Crippen LogP contribution in [0.2, 0.25) is 5.02 Å². The molecule has 1 heterocycles. The SMILES string of the molecule is O=C(c1ccccc1)c1sc2cc(Cl)ccc2c1O. The van der Waals surface area contributed by atoms with Gasteiger partial charge in [0.2, 0.25) is 5.78 Å². The first-order valence-electron chi connectivity index (χ1n) is 5.67. The summed E-state index contributed by atoms with van der Waals surface area (Å²) in [5, 5.41) is 11.4. The summed E-state index contributed by atoms with van der Waals surface area (Å²) in [6.45, 7) is 0. The zero-order valence-electron chi connectivity index (χ0n) is 9.76. The number of carbonyl (C=O) groups excluding carboxylic acids is 1. The maximum atomic E-state index is 12.3. The standard InChI is InChI=1S/C15H9ClO2S/c16-10-6-7-11-12(8-10)19-15(14(11)18)13(17)9-4-2-1-3-5-9/h1-8,18H. The maximum Gasteiger partial charge on any atom is 0.206 e. The Morgan fingerprint density at radius 1 is 1.11 bits per heavy atom. The highest BCUT2D eigenvalue weighted by atomic mass is 35.5. The second-order valence-electron chi connectivity index (χ2n) is 4.12. The van der Waals surface area contributed by atoms with Crippen molar-refractivity contribution in [2.75, 3.05) is 0 Å². The van der Waals surface area contributed by atoms with Crippen LogP contribution >= 0.6 is 22.9 Å². The third-order valence-corrected chi connectivity index (χ3v) is 4.24. The molecule has 0 aliphatic carbocycles. The van der Waals surface area contributed by atoms with Gasteiger partial charge in [-0.15, -0.1) is 11.3 Å². The number of ketones is 1. The van der Waals surface area contributed by atoms with Gasteiger partial charge in [0.1, 0.15) is 10.6 Å². The van der Waals surface area contributed by atoms with Crippen LogP contribution in [0.5, 0.6) is 5.75 Å². The van der Waals surface area contributed by atoms with Crippen molar-refractivity contribution >= 4 is 38.8 Å². The van der Waals surface area contributed by atoms with Crippen LogP contribution in [-0.2, 0) is 0 Å². The van der Waals surface area contributed by atoms with Crippen LogP contribution < -0.4 is 0 Å². The van der Waals surface area contributed by atoms with E-state index in [1.807, 2.05) is 6.07 Å². The molecule has 0 saturated carbocycles. The van der Waals surface area contributed by atoms with Crippen molar-refractivity contribution in [3.8, 4) is 5.75 Å².